The molecule has 1 aliphatic rings. The zero-order valence-electron chi connectivity index (χ0n) is 11.7. The van der Waals surface area contributed by atoms with Gasteiger partial charge in [0.15, 0.2) is 0 Å². The van der Waals surface area contributed by atoms with Gasteiger partial charge in [-0.05, 0) is 24.3 Å². The molecule has 22 heavy (non-hydrogen) atoms. The molecule has 3 aromatic rings. The van der Waals surface area contributed by atoms with Gasteiger partial charge < -0.3 is 14.2 Å². The summed E-state index contributed by atoms with van der Waals surface area (Å²) in [6, 6.07) is 6.13. The highest BCUT2D eigenvalue weighted by Gasteiger charge is 2.22. The number of anilines is 1. The maximum absolute atomic E-state index is 13.1. The minimum absolute atomic E-state index is 0.291. The van der Waals surface area contributed by atoms with Gasteiger partial charge in [-0.25, -0.2) is 9.37 Å². The molecular formula is C15H13FN4O2. The van der Waals surface area contributed by atoms with Gasteiger partial charge in [0, 0.05) is 18.7 Å². The summed E-state index contributed by atoms with van der Waals surface area (Å²) in [5.74, 6) is 0.482. The van der Waals surface area contributed by atoms with Crippen LogP contribution in [0.2, 0.25) is 0 Å². The van der Waals surface area contributed by atoms with E-state index in [1.54, 1.807) is 12.1 Å². The molecule has 0 bridgehead atoms. The standard InChI is InChI=1S/C15H13FN4O2/c16-11-3-1-10(2-4-11)13-12-14(20-5-7-21-8-6-20)17-9-18-15(12)22-19-13/h1-4,9H,5-8H2. The summed E-state index contributed by atoms with van der Waals surface area (Å²) in [4.78, 5) is 10.6. The Bertz CT molecular complexity index is 797. The molecule has 7 heteroatoms. The Labute approximate surface area is 125 Å². The van der Waals surface area contributed by atoms with Crippen molar-refractivity contribution in [2.45, 2.75) is 0 Å². The lowest BCUT2D eigenvalue weighted by Crippen LogP contribution is -2.36. The number of rotatable bonds is 2. The molecule has 2 aromatic heterocycles. The molecule has 0 amide bonds. The van der Waals surface area contributed by atoms with Gasteiger partial charge in [-0.15, -0.1) is 0 Å². The van der Waals surface area contributed by atoms with Gasteiger partial charge >= 0.3 is 0 Å². The molecule has 0 saturated carbocycles. The van der Waals surface area contributed by atoms with Crippen LogP contribution in [0, 0.1) is 5.82 Å². The van der Waals surface area contributed by atoms with Gasteiger partial charge in [-0.1, -0.05) is 5.16 Å². The summed E-state index contributed by atoms with van der Waals surface area (Å²) in [6.45, 7) is 2.81. The SMILES string of the molecule is Fc1ccc(-c2noc3ncnc(N4CCOCC4)c23)cc1. The van der Waals surface area contributed by atoms with Crippen molar-refractivity contribution >= 4 is 16.9 Å². The van der Waals surface area contributed by atoms with Gasteiger partial charge in [0.1, 0.15) is 29.0 Å². The predicted molar refractivity (Wildman–Crippen MR) is 78.0 cm³/mol. The van der Waals surface area contributed by atoms with Crippen molar-refractivity contribution in [3.63, 3.8) is 0 Å². The van der Waals surface area contributed by atoms with Gasteiger partial charge in [-0.2, -0.15) is 4.98 Å². The van der Waals surface area contributed by atoms with Crippen molar-refractivity contribution in [1.29, 1.82) is 0 Å². The molecule has 0 spiro atoms. The molecule has 1 saturated heterocycles. The van der Waals surface area contributed by atoms with E-state index in [1.807, 2.05) is 0 Å². The zero-order valence-corrected chi connectivity index (χ0v) is 11.7. The van der Waals surface area contributed by atoms with Crippen LogP contribution in [-0.2, 0) is 4.74 Å². The second-order valence-electron chi connectivity index (χ2n) is 5.01. The van der Waals surface area contributed by atoms with Crippen LogP contribution in [0.5, 0.6) is 0 Å². The fourth-order valence-electron chi connectivity index (χ4n) is 2.59. The first kappa shape index (κ1) is 13.1. The number of ether oxygens (including phenoxy) is 1. The van der Waals surface area contributed by atoms with Crippen molar-refractivity contribution in [1.82, 2.24) is 15.1 Å². The quantitative estimate of drug-likeness (QED) is 0.723. The molecule has 0 radical (unpaired) electrons. The molecule has 0 atom stereocenters. The second kappa shape index (κ2) is 5.34. The van der Waals surface area contributed by atoms with E-state index in [-0.39, 0.29) is 5.82 Å². The molecule has 0 aliphatic carbocycles. The molecule has 0 unspecified atom stereocenters. The summed E-state index contributed by atoms with van der Waals surface area (Å²) < 4.78 is 23.8. The number of hydrogen-bond donors (Lipinski definition) is 0. The minimum atomic E-state index is -0.291. The van der Waals surface area contributed by atoms with Crippen molar-refractivity contribution in [3.8, 4) is 11.3 Å². The van der Waals surface area contributed by atoms with Crippen LogP contribution in [-0.4, -0.2) is 41.4 Å². The lowest BCUT2D eigenvalue weighted by atomic mass is 10.1. The van der Waals surface area contributed by atoms with E-state index in [2.05, 4.69) is 20.0 Å². The molecule has 1 aliphatic heterocycles. The highest BCUT2D eigenvalue weighted by atomic mass is 19.1. The number of aromatic nitrogens is 3. The number of fused-ring (bicyclic) bond motifs is 1. The predicted octanol–water partition coefficient (Wildman–Crippen LogP) is 2.26. The second-order valence-corrected chi connectivity index (χ2v) is 5.01. The van der Waals surface area contributed by atoms with Crippen LogP contribution in [0.1, 0.15) is 0 Å². The molecule has 112 valence electrons. The van der Waals surface area contributed by atoms with Crippen LogP contribution in [0.4, 0.5) is 10.2 Å². The summed E-state index contributed by atoms with van der Waals surface area (Å²) in [5.41, 5.74) is 1.82. The summed E-state index contributed by atoms with van der Waals surface area (Å²) >= 11 is 0. The Balaban J connectivity index is 1.87. The van der Waals surface area contributed by atoms with Crippen LogP contribution in [0.15, 0.2) is 35.1 Å². The topological polar surface area (TPSA) is 64.3 Å². The lowest BCUT2D eigenvalue weighted by Gasteiger charge is -2.27. The van der Waals surface area contributed by atoms with Crippen molar-refractivity contribution in [2.75, 3.05) is 31.2 Å². The molecular weight excluding hydrogens is 287 g/mol. The number of benzene rings is 1. The van der Waals surface area contributed by atoms with Crippen molar-refractivity contribution in [2.24, 2.45) is 0 Å². The normalized spacial score (nSPS) is 15.4. The van der Waals surface area contributed by atoms with Crippen LogP contribution >= 0.6 is 0 Å². The molecule has 6 nitrogen and oxygen atoms in total. The number of morpholine rings is 1. The van der Waals surface area contributed by atoms with Gasteiger partial charge in [0.25, 0.3) is 5.71 Å². The third-order valence-electron chi connectivity index (χ3n) is 3.68. The molecule has 1 fully saturated rings. The highest BCUT2D eigenvalue weighted by Crippen LogP contribution is 2.33. The van der Waals surface area contributed by atoms with Crippen LogP contribution < -0.4 is 4.90 Å². The third kappa shape index (κ3) is 2.19. The fourth-order valence-corrected chi connectivity index (χ4v) is 2.59. The maximum atomic E-state index is 13.1. The first-order chi connectivity index (χ1) is 10.8. The Morgan fingerprint density at radius 2 is 1.82 bits per heavy atom. The summed E-state index contributed by atoms with van der Waals surface area (Å²) in [6.07, 6.45) is 1.47. The molecule has 0 N–H and O–H groups in total. The van der Waals surface area contributed by atoms with E-state index >= 15 is 0 Å². The lowest BCUT2D eigenvalue weighted by molar-refractivity contribution is 0.122. The van der Waals surface area contributed by atoms with Gasteiger partial charge in [-0.3, -0.25) is 0 Å². The van der Waals surface area contributed by atoms with Crippen molar-refractivity contribution < 1.29 is 13.7 Å². The average Bonchev–Trinajstić information content (AvgIpc) is 3.00. The summed E-state index contributed by atoms with van der Waals surface area (Å²) in [7, 11) is 0. The van der Waals surface area contributed by atoms with E-state index in [1.165, 1.54) is 18.5 Å². The Morgan fingerprint density at radius 3 is 2.59 bits per heavy atom. The Kier molecular flexibility index (Phi) is 3.19. The monoisotopic (exact) mass is 300 g/mol. The van der Waals surface area contributed by atoms with Gasteiger partial charge in [0.05, 0.1) is 13.2 Å². The van der Waals surface area contributed by atoms with E-state index < -0.39 is 0 Å². The van der Waals surface area contributed by atoms with E-state index in [4.69, 9.17) is 9.26 Å². The molecule has 4 rings (SSSR count). The zero-order chi connectivity index (χ0) is 14.9. The molecule has 3 heterocycles. The van der Waals surface area contributed by atoms with Gasteiger partial charge in [0.2, 0.25) is 0 Å². The van der Waals surface area contributed by atoms with E-state index in [9.17, 15) is 4.39 Å². The van der Waals surface area contributed by atoms with Crippen LogP contribution in [0.25, 0.3) is 22.4 Å². The maximum Gasteiger partial charge on any atom is 0.263 e. The van der Waals surface area contributed by atoms with Crippen molar-refractivity contribution in [3.05, 3.63) is 36.4 Å². The smallest absolute Gasteiger partial charge is 0.263 e. The summed E-state index contributed by atoms with van der Waals surface area (Å²) in [5, 5.41) is 4.84. The number of nitrogens with zero attached hydrogens (tertiary/aromatic N) is 4. The number of hydrogen-bond acceptors (Lipinski definition) is 6. The van der Waals surface area contributed by atoms with E-state index in [0.29, 0.717) is 24.6 Å². The van der Waals surface area contributed by atoms with Crippen LogP contribution in [0.3, 0.4) is 0 Å². The minimum Gasteiger partial charge on any atom is -0.378 e. The largest absolute Gasteiger partial charge is 0.378 e. The molecule has 1 aromatic carbocycles. The Morgan fingerprint density at radius 1 is 1.05 bits per heavy atom. The fraction of sp³-hybridized carbons (Fsp3) is 0.267. The first-order valence-electron chi connectivity index (χ1n) is 7.02. The third-order valence-corrected chi connectivity index (χ3v) is 3.68. The first-order valence-corrected chi connectivity index (χ1v) is 7.02. The average molecular weight is 300 g/mol. The highest BCUT2D eigenvalue weighted by molar-refractivity contribution is 5.97. The number of halogens is 1. The Hall–Kier alpha value is -2.54. The van der Waals surface area contributed by atoms with E-state index in [0.717, 1.165) is 29.9 Å².